The Morgan fingerprint density at radius 1 is 0.750 bits per heavy atom. The summed E-state index contributed by atoms with van der Waals surface area (Å²) in [6.07, 6.45) is 0.480. The van der Waals surface area contributed by atoms with E-state index >= 15 is 0 Å². The van der Waals surface area contributed by atoms with Gasteiger partial charge in [-0.15, -0.1) is 0 Å². The van der Waals surface area contributed by atoms with Crippen LogP contribution in [0.4, 0.5) is 0 Å². The molecule has 9 nitrogen and oxygen atoms in total. The lowest BCUT2D eigenvalue weighted by Gasteiger charge is -2.27. The summed E-state index contributed by atoms with van der Waals surface area (Å²) in [4.78, 5) is 77.6. The Morgan fingerprint density at radius 2 is 1.31 bits per heavy atom. The fourth-order valence-corrected chi connectivity index (χ4v) is 5.38. The number of Topliss-reactive ketones (excluding diaryl/α,β-unsaturated/α-hetero) is 3. The van der Waals surface area contributed by atoms with Gasteiger partial charge < -0.3 is 15.7 Å². The maximum absolute atomic E-state index is 13.6. The molecule has 4 atom stereocenters. The van der Waals surface area contributed by atoms with Crippen LogP contribution in [0.2, 0.25) is 0 Å². The molecule has 0 aromatic heterocycles. The Bertz CT molecular complexity index is 1580. The number of rotatable bonds is 18. The van der Waals surface area contributed by atoms with Crippen LogP contribution < -0.4 is 10.6 Å². The van der Waals surface area contributed by atoms with Gasteiger partial charge >= 0.3 is 5.97 Å². The number of carboxylic acids is 1. The SMILES string of the molecule is CC[C@H](C)[C@H](NC(=O)C(=O)C(C)NC(=O)[C@@H](CC(=O)Cc1ccccc1)Cc1ccc(-c2ccccc2)cc1)C(=O)CC(C)(C)C(=O)O. The molecule has 48 heavy (non-hydrogen) atoms. The molecule has 0 aliphatic rings. The Kier molecular flexibility index (Phi) is 13.5. The van der Waals surface area contributed by atoms with Gasteiger partial charge in [0.25, 0.3) is 5.91 Å². The fraction of sp³-hybridized carbons (Fsp3) is 0.385. The quantitative estimate of drug-likeness (QED) is 0.156. The molecule has 9 heteroatoms. The van der Waals surface area contributed by atoms with E-state index in [-0.39, 0.29) is 37.4 Å². The molecule has 0 saturated heterocycles. The number of carboxylic acid groups (broad SMARTS) is 1. The second kappa shape index (κ2) is 17.3. The normalized spacial score (nSPS) is 13.8. The topological polar surface area (TPSA) is 147 Å². The maximum Gasteiger partial charge on any atom is 0.309 e. The first-order chi connectivity index (χ1) is 22.7. The molecule has 0 saturated carbocycles. The molecule has 0 spiro atoms. The zero-order valence-electron chi connectivity index (χ0n) is 28.3. The minimum absolute atomic E-state index is 0.0712. The van der Waals surface area contributed by atoms with Crippen molar-refractivity contribution in [3.63, 3.8) is 0 Å². The van der Waals surface area contributed by atoms with Crippen molar-refractivity contribution in [2.24, 2.45) is 17.3 Å². The van der Waals surface area contributed by atoms with Crippen molar-refractivity contribution in [3.05, 3.63) is 96.1 Å². The molecular weight excluding hydrogens is 608 g/mol. The van der Waals surface area contributed by atoms with E-state index in [1.54, 1.807) is 6.92 Å². The first kappa shape index (κ1) is 37.5. The van der Waals surface area contributed by atoms with Crippen LogP contribution in [0, 0.1) is 17.3 Å². The van der Waals surface area contributed by atoms with E-state index in [9.17, 15) is 33.9 Å². The zero-order valence-corrected chi connectivity index (χ0v) is 28.3. The summed E-state index contributed by atoms with van der Waals surface area (Å²) in [5, 5.41) is 14.6. The van der Waals surface area contributed by atoms with Crippen molar-refractivity contribution in [2.45, 2.75) is 78.8 Å². The molecule has 0 aliphatic carbocycles. The molecular formula is C39H46N2O7. The van der Waals surface area contributed by atoms with Gasteiger partial charge in [-0.05, 0) is 55.4 Å². The predicted molar refractivity (Wildman–Crippen MR) is 184 cm³/mol. The highest BCUT2D eigenvalue weighted by Crippen LogP contribution is 2.24. The van der Waals surface area contributed by atoms with Gasteiger partial charge in [-0.2, -0.15) is 0 Å². The van der Waals surface area contributed by atoms with E-state index in [1.807, 2.05) is 91.9 Å². The van der Waals surface area contributed by atoms with Crippen LogP contribution in [0.3, 0.4) is 0 Å². The van der Waals surface area contributed by atoms with E-state index in [4.69, 9.17) is 0 Å². The molecule has 0 aliphatic heterocycles. The Morgan fingerprint density at radius 3 is 1.88 bits per heavy atom. The van der Waals surface area contributed by atoms with Gasteiger partial charge in [-0.3, -0.25) is 28.8 Å². The summed E-state index contributed by atoms with van der Waals surface area (Å²) in [6.45, 7) is 7.77. The van der Waals surface area contributed by atoms with Crippen LogP contribution in [0.5, 0.6) is 0 Å². The first-order valence-corrected chi connectivity index (χ1v) is 16.3. The number of nitrogens with one attached hydrogen (secondary N) is 2. The molecule has 254 valence electrons. The number of amides is 2. The third-order valence-corrected chi connectivity index (χ3v) is 8.65. The molecule has 0 bridgehead atoms. The molecule has 3 aromatic carbocycles. The molecule has 0 radical (unpaired) electrons. The number of aliphatic carboxylic acids is 1. The maximum atomic E-state index is 13.6. The van der Waals surface area contributed by atoms with Gasteiger partial charge in [0, 0.05) is 25.2 Å². The summed E-state index contributed by atoms with van der Waals surface area (Å²) in [6, 6.07) is 24.5. The lowest BCUT2D eigenvalue weighted by atomic mass is 9.82. The highest BCUT2D eigenvalue weighted by atomic mass is 16.4. The van der Waals surface area contributed by atoms with Gasteiger partial charge in [0.05, 0.1) is 17.5 Å². The van der Waals surface area contributed by atoms with E-state index < -0.39 is 52.8 Å². The van der Waals surface area contributed by atoms with Crippen molar-refractivity contribution in [2.75, 3.05) is 0 Å². The fourth-order valence-electron chi connectivity index (χ4n) is 5.38. The highest BCUT2D eigenvalue weighted by molar-refractivity contribution is 6.38. The molecule has 3 N–H and O–H groups in total. The van der Waals surface area contributed by atoms with E-state index in [1.165, 1.54) is 20.8 Å². The van der Waals surface area contributed by atoms with Gasteiger partial charge in [0.15, 0.2) is 5.78 Å². The standard InChI is InChI=1S/C39H46N2O7/c1-6-25(2)34(33(43)24-39(4,5)38(47)48)41-37(46)35(44)26(3)40-36(45)31(23-32(42)22-27-13-9-7-10-14-27)21-28-17-19-30(20-18-28)29-15-11-8-12-16-29/h7-20,25-26,31,34H,6,21-24H2,1-5H3,(H,40,45)(H,41,46)(H,47,48)/t25-,26?,31+,34-/m0/s1. The monoisotopic (exact) mass is 654 g/mol. The van der Waals surface area contributed by atoms with E-state index in [2.05, 4.69) is 10.6 Å². The van der Waals surface area contributed by atoms with Gasteiger partial charge in [0.1, 0.15) is 5.78 Å². The summed E-state index contributed by atoms with van der Waals surface area (Å²) < 4.78 is 0. The third kappa shape index (κ3) is 10.8. The minimum Gasteiger partial charge on any atom is -0.481 e. The van der Waals surface area contributed by atoms with Crippen LogP contribution in [0.1, 0.15) is 65.0 Å². The number of ketones is 3. The minimum atomic E-state index is -1.35. The summed E-state index contributed by atoms with van der Waals surface area (Å²) >= 11 is 0. The Labute approximate surface area is 282 Å². The Balaban J connectivity index is 1.74. The van der Waals surface area contributed by atoms with Crippen LogP contribution in [-0.4, -0.2) is 52.3 Å². The smallest absolute Gasteiger partial charge is 0.309 e. The molecule has 0 fully saturated rings. The number of benzene rings is 3. The average molecular weight is 655 g/mol. The number of hydrogen-bond acceptors (Lipinski definition) is 6. The number of hydrogen-bond donors (Lipinski definition) is 3. The number of carbonyl (C=O) groups excluding carboxylic acids is 5. The van der Waals surface area contributed by atoms with E-state index in [0.717, 1.165) is 22.3 Å². The molecule has 2 amide bonds. The second-order valence-corrected chi connectivity index (χ2v) is 13.1. The van der Waals surface area contributed by atoms with Crippen LogP contribution in [-0.2, 0) is 41.6 Å². The molecule has 3 aromatic rings. The van der Waals surface area contributed by atoms with Crippen LogP contribution >= 0.6 is 0 Å². The average Bonchev–Trinajstić information content (AvgIpc) is 3.06. The summed E-state index contributed by atoms with van der Waals surface area (Å²) in [5.41, 5.74) is 2.36. The van der Waals surface area contributed by atoms with Gasteiger partial charge in [-0.25, -0.2) is 0 Å². The van der Waals surface area contributed by atoms with Crippen molar-refractivity contribution in [1.82, 2.24) is 10.6 Å². The molecule has 1 unspecified atom stereocenters. The Hall–Kier alpha value is -4.92. The van der Waals surface area contributed by atoms with Crippen molar-refractivity contribution in [1.29, 1.82) is 0 Å². The van der Waals surface area contributed by atoms with Crippen LogP contribution in [0.15, 0.2) is 84.9 Å². The number of carbonyl (C=O) groups is 6. The van der Waals surface area contributed by atoms with E-state index in [0.29, 0.717) is 6.42 Å². The van der Waals surface area contributed by atoms with Crippen molar-refractivity contribution >= 4 is 35.1 Å². The largest absolute Gasteiger partial charge is 0.481 e. The second-order valence-electron chi connectivity index (χ2n) is 13.1. The molecule has 0 heterocycles. The zero-order chi connectivity index (χ0) is 35.4. The molecule has 3 rings (SSSR count). The third-order valence-electron chi connectivity index (χ3n) is 8.65. The lowest BCUT2D eigenvalue weighted by Crippen LogP contribution is -2.53. The predicted octanol–water partition coefficient (Wildman–Crippen LogP) is 5.39. The van der Waals surface area contributed by atoms with Crippen LogP contribution in [0.25, 0.3) is 11.1 Å². The van der Waals surface area contributed by atoms with Crippen molar-refractivity contribution in [3.8, 4) is 11.1 Å². The summed E-state index contributed by atoms with van der Waals surface area (Å²) in [5.74, 6) is -5.52. The van der Waals surface area contributed by atoms with Gasteiger partial charge in [-0.1, -0.05) is 105 Å². The first-order valence-electron chi connectivity index (χ1n) is 16.3. The highest BCUT2D eigenvalue weighted by Gasteiger charge is 2.37. The lowest BCUT2D eigenvalue weighted by molar-refractivity contribution is -0.150. The summed E-state index contributed by atoms with van der Waals surface area (Å²) in [7, 11) is 0. The van der Waals surface area contributed by atoms with Gasteiger partial charge in [0.2, 0.25) is 11.7 Å². The van der Waals surface area contributed by atoms with Crippen molar-refractivity contribution < 1.29 is 33.9 Å².